The fraction of sp³-hybridized carbons (Fsp3) is 0.321. The molecule has 0 bridgehead atoms. The summed E-state index contributed by atoms with van der Waals surface area (Å²) >= 11 is 7.43. The van der Waals surface area contributed by atoms with Crippen LogP contribution >= 0.6 is 22.9 Å². The first kappa shape index (κ1) is 27.3. The number of carbonyl (C=O) groups excluding carboxylic acids is 1. The Hall–Kier alpha value is -3.31. The number of piperazine rings is 1. The zero-order valence-corrected chi connectivity index (χ0v) is 22.8. The molecule has 2 aliphatic heterocycles. The van der Waals surface area contributed by atoms with E-state index in [0.29, 0.717) is 37.0 Å². The molecule has 39 heavy (non-hydrogen) atoms. The largest absolute Gasteiger partial charge is 0.484 e. The Kier molecular flexibility index (Phi) is 9.20. The predicted molar refractivity (Wildman–Crippen MR) is 150 cm³/mol. The number of aromatic nitrogens is 2. The number of carbonyl (C=O) groups is 1. The molecule has 11 heteroatoms. The number of rotatable bonds is 5. The van der Waals surface area contributed by atoms with Gasteiger partial charge in [0.25, 0.3) is 5.91 Å². The van der Waals surface area contributed by atoms with Crippen molar-refractivity contribution < 1.29 is 23.4 Å². The van der Waals surface area contributed by atoms with Gasteiger partial charge in [0, 0.05) is 36.1 Å². The molecule has 4 heterocycles. The van der Waals surface area contributed by atoms with Crippen LogP contribution in [0.5, 0.6) is 5.75 Å². The number of benzene rings is 2. The van der Waals surface area contributed by atoms with Gasteiger partial charge in [0.05, 0.1) is 31.8 Å². The van der Waals surface area contributed by atoms with Crippen molar-refractivity contribution in [3.05, 3.63) is 71.8 Å². The summed E-state index contributed by atoms with van der Waals surface area (Å²) in [5.74, 6) is 1.16. The van der Waals surface area contributed by atoms with Crippen molar-refractivity contribution in [2.24, 2.45) is 0 Å². The van der Waals surface area contributed by atoms with E-state index in [-0.39, 0.29) is 18.3 Å². The third-order valence-corrected chi connectivity index (χ3v) is 7.63. The van der Waals surface area contributed by atoms with E-state index < -0.39 is 0 Å². The summed E-state index contributed by atoms with van der Waals surface area (Å²) in [6, 6.07) is 15.5. The highest BCUT2D eigenvalue weighted by atomic mass is 35.5. The fourth-order valence-electron chi connectivity index (χ4n) is 4.23. The average molecular weight is 571 g/mol. The van der Waals surface area contributed by atoms with Gasteiger partial charge in [0.15, 0.2) is 6.61 Å². The molecule has 204 valence electrons. The predicted octanol–water partition coefficient (Wildman–Crippen LogP) is 4.91. The van der Waals surface area contributed by atoms with Crippen molar-refractivity contribution in [3.63, 3.8) is 0 Å². The normalized spacial score (nSPS) is 15.5. The van der Waals surface area contributed by atoms with Crippen LogP contribution in [0.15, 0.2) is 60.9 Å². The van der Waals surface area contributed by atoms with Crippen molar-refractivity contribution in [2.75, 3.05) is 64.1 Å². The SMILES string of the molecule is C1COCCO1.O=C(COc1ccc(Cl)cc1)N1CCN(c2ncnc3sc(-c4ccc(F)cc4)cc23)CC1. The van der Waals surface area contributed by atoms with E-state index in [1.165, 1.54) is 12.1 Å². The van der Waals surface area contributed by atoms with E-state index in [1.54, 1.807) is 54.1 Å². The van der Waals surface area contributed by atoms with Crippen LogP contribution in [-0.4, -0.2) is 80.0 Å². The monoisotopic (exact) mass is 570 g/mol. The van der Waals surface area contributed by atoms with Crippen molar-refractivity contribution in [2.45, 2.75) is 0 Å². The fourth-order valence-corrected chi connectivity index (χ4v) is 5.35. The first-order valence-corrected chi connectivity index (χ1v) is 13.8. The van der Waals surface area contributed by atoms with Crippen molar-refractivity contribution in [3.8, 4) is 16.2 Å². The standard InChI is InChI=1S/C24H20ClFN4O2S.C4H8O2/c25-17-3-7-19(8-4-17)32-14-22(31)29-9-11-30(12-10-29)23-20-13-21(33-24(20)28-15-27-23)16-1-5-18(26)6-2-16;1-2-6-4-3-5-1/h1-8,13,15H,9-12,14H2;1-4H2. The van der Waals surface area contributed by atoms with E-state index in [2.05, 4.69) is 20.9 Å². The number of amides is 1. The molecule has 1 amide bonds. The third-order valence-electron chi connectivity index (χ3n) is 6.29. The van der Waals surface area contributed by atoms with E-state index in [9.17, 15) is 9.18 Å². The Bertz CT molecular complexity index is 1360. The summed E-state index contributed by atoms with van der Waals surface area (Å²) in [5, 5.41) is 1.59. The molecule has 0 radical (unpaired) electrons. The summed E-state index contributed by atoms with van der Waals surface area (Å²) in [6.07, 6.45) is 1.57. The zero-order valence-electron chi connectivity index (χ0n) is 21.2. The molecule has 2 aromatic carbocycles. The van der Waals surface area contributed by atoms with Gasteiger partial charge in [-0.25, -0.2) is 14.4 Å². The Morgan fingerprint density at radius 3 is 2.26 bits per heavy atom. The quantitative estimate of drug-likeness (QED) is 0.337. The number of hydrogen-bond donors (Lipinski definition) is 0. The molecule has 2 aromatic heterocycles. The van der Waals surface area contributed by atoms with E-state index in [0.717, 1.165) is 52.9 Å². The van der Waals surface area contributed by atoms with E-state index in [4.69, 9.17) is 25.8 Å². The summed E-state index contributed by atoms with van der Waals surface area (Å²) in [4.78, 5) is 27.4. The van der Waals surface area contributed by atoms with Crippen LogP contribution in [0.1, 0.15) is 0 Å². The molecule has 0 unspecified atom stereocenters. The minimum absolute atomic E-state index is 0.00898. The van der Waals surface area contributed by atoms with Crippen LogP contribution in [0.3, 0.4) is 0 Å². The highest BCUT2D eigenvalue weighted by Crippen LogP contribution is 2.36. The number of thiophene rings is 1. The first-order chi connectivity index (χ1) is 19.1. The molecule has 0 spiro atoms. The molecule has 6 rings (SSSR count). The maximum absolute atomic E-state index is 13.3. The smallest absolute Gasteiger partial charge is 0.260 e. The number of hydrogen-bond acceptors (Lipinski definition) is 8. The minimum atomic E-state index is -0.258. The topological polar surface area (TPSA) is 77.0 Å². The molecular weight excluding hydrogens is 543 g/mol. The molecule has 4 aromatic rings. The van der Waals surface area contributed by atoms with Gasteiger partial charge in [-0.2, -0.15) is 0 Å². The third kappa shape index (κ3) is 7.21. The molecule has 8 nitrogen and oxygen atoms in total. The molecular formula is C28H28ClFN4O4S. The van der Waals surface area contributed by atoms with Gasteiger partial charge in [0.1, 0.15) is 28.5 Å². The second-order valence-electron chi connectivity index (χ2n) is 8.87. The summed E-state index contributed by atoms with van der Waals surface area (Å²) in [5.41, 5.74) is 0.946. The number of fused-ring (bicyclic) bond motifs is 1. The number of anilines is 1. The summed E-state index contributed by atoms with van der Waals surface area (Å²) in [6.45, 7) is 5.61. The van der Waals surface area contributed by atoms with Crippen LogP contribution in [0.25, 0.3) is 20.7 Å². The molecule has 2 aliphatic rings. The van der Waals surface area contributed by atoms with Gasteiger partial charge in [-0.15, -0.1) is 11.3 Å². The minimum Gasteiger partial charge on any atom is -0.484 e. The van der Waals surface area contributed by atoms with Crippen LogP contribution < -0.4 is 9.64 Å². The van der Waals surface area contributed by atoms with Crippen molar-refractivity contribution in [1.82, 2.24) is 14.9 Å². The number of ether oxygens (including phenoxy) is 3. The average Bonchev–Trinajstić information content (AvgIpc) is 3.43. The second kappa shape index (κ2) is 13.2. The van der Waals surface area contributed by atoms with Crippen molar-refractivity contribution >= 4 is 44.9 Å². The Labute approximate surface area is 234 Å². The Balaban J connectivity index is 0.000000455. The van der Waals surface area contributed by atoms with Crippen LogP contribution in [-0.2, 0) is 14.3 Å². The maximum atomic E-state index is 13.3. The molecule has 0 N–H and O–H groups in total. The maximum Gasteiger partial charge on any atom is 0.260 e. The van der Waals surface area contributed by atoms with Gasteiger partial charge in [0.2, 0.25) is 0 Å². The van der Waals surface area contributed by atoms with Gasteiger partial charge in [-0.05, 0) is 48.0 Å². The van der Waals surface area contributed by atoms with Crippen LogP contribution in [0.4, 0.5) is 10.2 Å². The summed E-state index contributed by atoms with van der Waals surface area (Å²) in [7, 11) is 0. The van der Waals surface area contributed by atoms with Gasteiger partial charge >= 0.3 is 0 Å². The van der Waals surface area contributed by atoms with Gasteiger partial charge in [-0.3, -0.25) is 4.79 Å². The van der Waals surface area contributed by atoms with E-state index >= 15 is 0 Å². The van der Waals surface area contributed by atoms with Crippen molar-refractivity contribution in [1.29, 1.82) is 0 Å². The molecule has 2 fully saturated rings. The number of halogens is 2. The number of nitrogens with zero attached hydrogens (tertiary/aromatic N) is 4. The molecule has 0 aliphatic carbocycles. The first-order valence-electron chi connectivity index (χ1n) is 12.6. The second-order valence-corrected chi connectivity index (χ2v) is 10.3. The van der Waals surface area contributed by atoms with E-state index in [1.807, 2.05) is 4.90 Å². The molecule has 0 atom stereocenters. The highest BCUT2D eigenvalue weighted by molar-refractivity contribution is 7.21. The van der Waals surface area contributed by atoms with Gasteiger partial charge in [-0.1, -0.05) is 23.7 Å². The molecule has 2 saturated heterocycles. The Morgan fingerprint density at radius 1 is 0.949 bits per heavy atom. The lowest BCUT2D eigenvalue weighted by molar-refractivity contribution is -0.133. The highest BCUT2D eigenvalue weighted by Gasteiger charge is 2.24. The van der Waals surface area contributed by atoms with Gasteiger partial charge < -0.3 is 24.0 Å². The lowest BCUT2D eigenvalue weighted by Gasteiger charge is -2.35. The summed E-state index contributed by atoms with van der Waals surface area (Å²) < 4.78 is 28.8. The zero-order chi connectivity index (χ0) is 27.0. The lowest BCUT2D eigenvalue weighted by atomic mass is 10.1. The van der Waals surface area contributed by atoms with Crippen LogP contribution in [0.2, 0.25) is 5.02 Å². The molecule has 0 saturated carbocycles. The lowest BCUT2D eigenvalue weighted by Crippen LogP contribution is -2.50. The van der Waals surface area contributed by atoms with Crippen LogP contribution in [0, 0.1) is 5.82 Å². The Morgan fingerprint density at radius 2 is 1.62 bits per heavy atom.